The Bertz CT molecular complexity index is 798. The normalized spacial score (nSPS) is 12.0. The van der Waals surface area contributed by atoms with Crippen molar-refractivity contribution in [1.29, 1.82) is 0 Å². The summed E-state index contributed by atoms with van der Waals surface area (Å²) in [6.45, 7) is 2.68. The Morgan fingerprint density at radius 1 is 1.07 bits per heavy atom. The number of carbonyl (C=O) groups is 1. The fourth-order valence-electron chi connectivity index (χ4n) is 2.35. The SMILES string of the molecule is CCCNC(Cc1cc(I)c(Oc2cc(I)c(O)c(I)c2)c(I)c1)C(=O)O. The van der Waals surface area contributed by atoms with E-state index in [1.54, 1.807) is 12.1 Å². The Hall–Kier alpha value is 0.390. The van der Waals surface area contributed by atoms with E-state index in [2.05, 4.69) is 95.7 Å². The number of hydrogen-bond acceptors (Lipinski definition) is 4. The largest absolute Gasteiger partial charge is 0.506 e. The molecule has 9 heteroatoms. The second kappa shape index (κ2) is 11.0. The van der Waals surface area contributed by atoms with E-state index in [0.29, 0.717) is 18.7 Å². The molecule has 2 aromatic carbocycles. The zero-order valence-corrected chi connectivity index (χ0v) is 22.9. The highest BCUT2D eigenvalue weighted by molar-refractivity contribution is 14.1. The topological polar surface area (TPSA) is 78.8 Å². The van der Waals surface area contributed by atoms with Gasteiger partial charge in [0, 0.05) is 0 Å². The molecule has 5 nitrogen and oxygen atoms in total. The molecule has 0 heterocycles. The van der Waals surface area contributed by atoms with E-state index < -0.39 is 12.0 Å². The van der Waals surface area contributed by atoms with Crippen LogP contribution in [0.4, 0.5) is 0 Å². The number of rotatable bonds is 8. The summed E-state index contributed by atoms with van der Waals surface area (Å²) in [7, 11) is 0. The molecule has 2 aromatic rings. The first-order valence-electron chi connectivity index (χ1n) is 8.02. The van der Waals surface area contributed by atoms with E-state index in [1.807, 2.05) is 19.1 Å². The Labute approximate surface area is 212 Å². The smallest absolute Gasteiger partial charge is 0.321 e. The minimum Gasteiger partial charge on any atom is -0.506 e. The molecule has 1 atom stereocenters. The molecule has 0 aromatic heterocycles. The molecule has 146 valence electrons. The molecule has 0 radical (unpaired) electrons. The van der Waals surface area contributed by atoms with Gasteiger partial charge in [-0.1, -0.05) is 6.92 Å². The minimum absolute atomic E-state index is 0.252. The number of ether oxygens (including phenoxy) is 1. The maximum atomic E-state index is 11.5. The second-order valence-electron chi connectivity index (χ2n) is 5.78. The van der Waals surface area contributed by atoms with Gasteiger partial charge in [0.25, 0.3) is 0 Å². The van der Waals surface area contributed by atoms with Crippen LogP contribution < -0.4 is 10.1 Å². The molecule has 0 spiro atoms. The Balaban J connectivity index is 2.25. The van der Waals surface area contributed by atoms with E-state index >= 15 is 0 Å². The fraction of sp³-hybridized carbons (Fsp3) is 0.278. The molecule has 1 unspecified atom stereocenters. The lowest BCUT2D eigenvalue weighted by molar-refractivity contribution is -0.139. The molecule has 3 N–H and O–H groups in total. The molecule has 0 aliphatic carbocycles. The van der Waals surface area contributed by atoms with Gasteiger partial charge in [0.05, 0.1) is 14.3 Å². The van der Waals surface area contributed by atoms with Crippen LogP contribution in [0.2, 0.25) is 0 Å². The molecule has 0 saturated heterocycles. The van der Waals surface area contributed by atoms with Gasteiger partial charge in [-0.05, 0) is 140 Å². The van der Waals surface area contributed by atoms with Crippen LogP contribution >= 0.6 is 90.4 Å². The fourth-order valence-corrected chi connectivity index (χ4v) is 6.18. The van der Waals surface area contributed by atoms with Crippen molar-refractivity contribution in [3.8, 4) is 17.2 Å². The highest BCUT2D eigenvalue weighted by Crippen LogP contribution is 2.36. The highest BCUT2D eigenvalue weighted by Gasteiger charge is 2.19. The average Bonchev–Trinajstić information content (AvgIpc) is 2.59. The summed E-state index contributed by atoms with van der Waals surface area (Å²) >= 11 is 8.55. The van der Waals surface area contributed by atoms with Gasteiger partial charge in [0.1, 0.15) is 17.5 Å². The third-order valence-corrected chi connectivity index (χ3v) is 6.89. The number of aromatic hydroxyl groups is 1. The van der Waals surface area contributed by atoms with Gasteiger partial charge in [-0.15, -0.1) is 0 Å². The summed E-state index contributed by atoms with van der Waals surface area (Å²) in [6.07, 6.45) is 1.30. The summed E-state index contributed by atoms with van der Waals surface area (Å²) in [5.74, 6) is 0.786. The molecular formula is C18H17I4NO4. The number of halogens is 4. The van der Waals surface area contributed by atoms with Crippen molar-refractivity contribution in [1.82, 2.24) is 5.32 Å². The minimum atomic E-state index is -0.845. The number of phenolic OH excluding ortho intramolecular Hbond substituents is 1. The number of carboxylic acids is 1. The molecule has 0 aliphatic rings. The maximum absolute atomic E-state index is 11.5. The van der Waals surface area contributed by atoms with Gasteiger partial charge in [0.15, 0.2) is 5.75 Å². The lowest BCUT2D eigenvalue weighted by atomic mass is 10.1. The predicted molar refractivity (Wildman–Crippen MR) is 139 cm³/mol. The van der Waals surface area contributed by atoms with Crippen LogP contribution in [-0.2, 0) is 11.2 Å². The van der Waals surface area contributed by atoms with Crippen molar-refractivity contribution in [2.24, 2.45) is 0 Å². The molecular weight excluding hydrogens is 802 g/mol. The first-order valence-corrected chi connectivity index (χ1v) is 12.3. The summed E-state index contributed by atoms with van der Waals surface area (Å²) in [4.78, 5) is 11.5. The maximum Gasteiger partial charge on any atom is 0.321 e. The van der Waals surface area contributed by atoms with Crippen LogP contribution in [0.3, 0.4) is 0 Å². The summed E-state index contributed by atoms with van der Waals surface area (Å²) in [5.41, 5.74) is 0.946. The van der Waals surface area contributed by atoms with E-state index in [1.165, 1.54) is 0 Å². The van der Waals surface area contributed by atoms with Crippen LogP contribution in [-0.4, -0.2) is 28.8 Å². The van der Waals surface area contributed by atoms with Gasteiger partial charge in [-0.25, -0.2) is 0 Å². The lowest BCUT2D eigenvalue weighted by Crippen LogP contribution is -2.38. The molecule has 0 bridgehead atoms. The van der Waals surface area contributed by atoms with Crippen LogP contribution in [0.1, 0.15) is 18.9 Å². The molecule has 2 rings (SSSR count). The first-order chi connectivity index (χ1) is 12.7. The van der Waals surface area contributed by atoms with E-state index in [0.717, 1.165) is 32.0 Å². The average molecular weight is 819 g/mol. The van der Waals surface area contributed by atoms with Crippen LogP contribution in [0.25, 0.3) is 0 Å². The molecule has 27 heavy (non-hydrogen) atoms. The second-order valence-corrected chi connectivity index (χ2v) is 10.4. The molecule has 0 aliphatic heterocycles. The summed E-state index contributed by atoms with van der Waals surface area (Å²) < 4.78 is 9.33. The quantitative estimate of drug-likeness (QED) is 0.303. The zero-order valence-electron chi connectivity index (χ0n) is 14.2. The van der Waals surface area contributed by atoms with Gasteiger partial charge in [-0.2, -0.15) is 0 Å². The Morgan fingerprint density at radius 3 is 2.11 bits per heavy atom. The van der Waals surface area contributed by atoms with Crippen molar-refractivity contribution in [2.75, 3.05) is 6.54 Å². The first kappa shape index (κ1) is 23.7. The van der Waals surface area contributed by atoms with Gasteiger partial charge in [0.2, 0.25) is 0 Å². The van der Waals surface area contributed by atoms with E-state index in [9.17, 15) is 15.0 Å². The zero-order chi connectivity index (χ0) is 20.1. The molecule has 0 saturated carbocycles. The third kappa shape index (κ3) is 6.70. The van der Waals surface area contributed by atoms with Crippen molar-refractivity contribution < 1.29 is 19.7 Å². The number of nitrogens with one attached hydrogen (secondary N) is 1. The lowest BCUT2D eigenvalue weighted by Gasteiger charge is -2.16. The number of aliphatic carboxylic acids is 1. The van der Waals surface area contributed by atoms with E-state index in [-0.39, 0.29) is 5.75 Å². The van der Waals surface area contributed by atoms with E-state index in [4.69, 9.17) is 4.74 Å². The van der Waals surface area contributed by atoms with Crippen LogP contribution in [0.15, 0.2) is 24.3 Å². The third-order valence-electron chi connectivity index (χ3n) is 3.65. The van der Waals surface area contributed by atoms with Crippen molar-refractivity contribution in [3.05, 3.63) is 44.1 Å². The van der Waals surface area contributed by atoms with Crippen LogP contribution in [0.5, 0.6) is 17.2 Å². The monoisotopic (exact) mass is 819 g/mol. The standard InChI is InChI=1S/C18H17I4NO4/c1-2-3-23-15(18(25)26)6-9-4-13(21)17(14(22)5-9)27-10-7-11(19)16(24)12(20)8-10/h4-5,7-8,15,23-24H,2-3,6H2,1H3,(H,25,26). The number of hydrogen-bond donors (Lipinski definition) is 3. The highest BCUT2D eigenvalue weighted by atomic mass is 127. The van der Waals surface area contributed by atoms with Crippen LogP contribution in [0, 0.1) is 14.3 Å². The number of phenols is 1. The summed E-state index contributed by atoms with van der Waals surface area (Å²) in [5, 5.41) is 22.4. The van der Waals surface area contributed by atoms with Crippen molar-refractivity contribution in [3.63, 3.8) is 0 Å². The predicted octanol–water partition coefficient (Wildman–Crippen LogP) is 5.60. The van der Waals surface area contributed by atoms with Gasteiger partial charge in [-0.3, -0.25) is 4.79 Å². The van der Waals surface area contributed by atoms with Gasteiger partial charge < -0.3 is 20.3 Å². The Morgan fingerprint density at radius 2 is 1.63 bits per heavy atom. The summed E-state index contributed by atoms with van der Waals surface area (Å²) in [6, 6.07) is 6.87. The van der Waals surface area contributed by atoms with Crippen molar-refractivity contribution in [2.45, 2.75) is 25.8 Å². The number of carboxylic acid groups (broad SMARTS) is 1. The number of benzene rings is 2. The van der Waals surface area contributed by atoms with Crippen molar-refractivity contribution >= 4 is 96.3 Å². The molecule has 0 amide bonds. The van der Waals surface area contributed by atoms with Gasteiger partial charge >= 0.3 is 5.97 Å². The molecule has 0 fully saturated rings. The Kier molecular flexibility index (Phi) is 9.61.